The van der Waals surface area contributed by atoms with Gasteiger partial charge in [-0.15, -0.1) is 0 Å². The Balaban J connectivity index is 1.73. The highest BCUT2D eigenvalue weighted by molar-refractivity contribution is 6.32. The van der Waals surface area contributed by atoms with Crippen LogP contribution < -0.4 is 15.4 Å². The molecule has 0 aromatic heterocycles. The lowest BCUT2D eigenvalue weighted by Gasteiger charge is -2.16. The Morgan fingerprint density at radius 1 is 1.31 bits per heavy atom. The van der Waals surface area contributed by atoms with E-state index in [9.17, 15) is 18.8 Å². The molecule has 0 radical (unpaired) electrons. The number of nitrogens with one attached hydrogen (secondary N) is 2. The Labute approximate surface area is 155 Å². The molecule has 26 heavy (non-hydrogen) atoms. The van der Waals surface area contributed by atoms with Crippen LogP contribution in [-0.2, 0) is 14.3 Å². The molecule has 0 saturated heterocycles. The first-order valence-corrected chi connectivity index (χ1v) is 8.61. The smallest absolute Gasteiger partial charge is 0.344 e. The number of hydrogen-bond acceptors (Lipinski definition) is 5. The summed E-state index contributed by atoms with van der Waals surface area (Å²) in [5, 5.41) is 4.83. The van der Waals surface area contributed by atoms with Gasteiger partial charge in [0.2, 0.25) is 0 Å². The minimum atomic E-state index is -1.18. The SMILES string of the molecule is C[C@@H](OC(=O)COc1ccc(F)cc1Cl)C(=O)NC(=O)NC1CCCC1. The third kappa shape index (κ3) is 6.18. The minimum absolute atomic E-state index is 0.00664. The fourth-order valence-electron chi connectivity index (χ4n) is 2.52. The van der Waals surface area contributed by atoms with Gasteiger partial charge in [0.05, 0.1) is 5.02 Å². The zero-order valence-electron chi connectivity index (χ0n) is 14.2. The fourth-order valence-corrected chi connectivity index (χ4v) is 2.74. The Bertz CT molecular complexity index is 679. The summed E-state index contributed by atoms with van der Waals surface area (Å²) in [4.78, 5) is 35.3. The maximum absolute atomic E-state index is 12.9. The van der Waals surface area contributed by atoms with Gasteiger partial charge in [-0.25, -0.2) is 14.0 Å². The van der Waals surface area contributed by atoms with Crippen molar-refractivity contribution in [3.8, 4) is 5.75 Å². The van der Waals surface area contributed by atoms with Crippen LogP contribution >= 0.6 is 11.6 Å². The predicted molar refractivity (Wildman–Crippen MR) is 91.4 cm³/mol. The second-order valence-electron chi connectivity index (χ2n) is 5.94. The molecule has 9 heteroatoms. The van der Waals surface area contributed by atoms with Gasteiger partial charge < -0.3 is 14.8 Å². The molecule has 0 heterocycles. The lowest BCUT2D eigenvalue weighted by molar-refractivity contribution is -0.156. The van der Waals surface area contributed by atoms with Crippen molar-refractivity contribution >= 4 is 29.5 Å². The number of urea groups is 1. The molecule has 0 aliphatic heterocycles. The van der Waals surface area contributed by atoms with E-state index >= 15 is 0 Å². The van der Waals surface area contributed by atoms with E-state index in [2.05, 4.69) is 10.6 Å². The lowest BCUT2D eigenvalue weighted by Crippen LogP contribution is -2.47. The van der Waals surface area contributed by atoms with Gasteiger partial charge in [-0.1, -0.05) is 24.4 Å². The maximum atomic E-state index is 12.9. The molecule has 0 spiro atoms. The highest BCUT2D eigenvalue weighted by atomic mass is 35.5. The Morgan fingerprint density at radius 3 is 2.65 bits per heavy atom. The van der Waals surface area contributed by atoms with Crippen LogP contribution in [0.3, 0.4) is 0 Å². The third-order valence-corrected chi connectivity index (χ3v) is 4.14. The normalized spacial score (nSPS) is 15.2. The Kier molecular flexibility index (Phi) is 7.20. The van der Waals surface area contributed by atoms with Crippen molar-refractivity contribution in [3.05, 3.63) is 29.0 Å². The van der Waals surface area contributed by atoms with Crippen molar-refractivity contribution < 1.29 is 28.2 Å². The van der Waals surface area contributed by atoms with Crippen LogP contribution in [0.4, 0.5) is 9.18 Å². The van der Waals surface area contributed by atoms with Crippen molar-refractivity contribution in [2.45, 2.75) is 44.8 Å². The molecule has 2 rings (SSSR count). The summed E-state index contributed by atoms with van der Waals surface area (Å²) in [7, 11) is 0. The molecule has 1 aliphatic rings. The van der Waals surface area contributed by atoms with E-state index in [1.54, 1.807) is 0 Å². The van der Waals surface area contributed by atoms with Crippen molar-refractivity contribution in [3.63, 3.8) is 0 Å². The average Bonchev–Trinajstić information content (AvgIpc) is 3.06. The minimum Gasteiger partial charge on any atom is -0.480 e. The van der Waals surface area contributed by atoms with Gasteiger partial charge in [0.1, 0.15) is 11.6 Å². The number of carbonyl (C=O) groups excluding carboxylic acids is 3. The van der Waals surface area contributed by atoms with E-state index in [0.29, 0.717) is 0 Å². The molecule has 142 valence electrons. The van der Waals surface area contributed by atoms with Crippen molar-refractivity contribution in [1.82, 2.24) is 10.6 Å². The van der Waals surface area contributed by atoms with Gasteiger partial charge in [-0.2, -0.15) is 0 Å². The number of esters is 1. The second kappa shape index (κ2) is 9.38. The first-order valence-electron chi connectivity index (χ1n) is 8.24. The van der Waals surface area contributed by atoms with Crippen LogP contribution in [0.15, 0.2) is 18.2 Å². The van der Waals surface area contributed by atoms with E-state index in [-0.39, 0.29) is 16.8 Å². The molecule has 1 fully saturated rings. The van der Waals surface area contributed by atoms with Crippen LogP contribution in [0.5, 0.6) is 5.75 Å². The summed E-state index contributed by atoms with van der Waals surface area (Å²) in [5.74, 6) is -2.00. The molecular formula is C17H20ClFN2O5. The molecule has 2 N–H and O–H groups in total. The second-order valence-corrected chi connectivity index (χ2v) is 6.35. The summed E-state index contributed by atoms with van der Waals surface area (Å²) in [6.07, 6.45) is 2.69. The first kappa shape index (κ1) is 20.0. The zero-order valence-corrected chi connectivity index (χ0v) is 15.0. The van der Waals surface area contributed by atoms with Gasteiger partial charge in [-0.3, -0.25) is 10.1 Å². The summed E-state index contributed by atoms with van der Waals surface area (Å²) in [5.41, 5.74) is 0. The molecular weight excluding hydrogens is 367 g/mol. The monoisotopic (exact) mass is 386 g/mol. The van der Waals surface area contributed by atoms with E-state index in [0.717, 1.165) is 37.8 Å². The number of carbonyl (C=O) groups is 3. The van der Waals surface area contributed by atoms with E-state index in [4.69, 9.17) is 21.1 Å². The number of rotatable bonds is 6. The van der Waals surface area contributed by atoms with Gasteiger partial charge in [0.25, 0.3) is 5.91 Å². The fraction of sp³-hybridized carbons (Fsp3) is 0.471. The van der Waals surface area contributed by atoms with E-state index in [1.807, 2.05) is 0 Å². The molecule has 7 nitrogen and oxygen atoms in total. The summed E-state index contributed by atoms with van der Waals surface area (Å²) >= 11 is 5.77. The van der Waals surface area contributed by atoms with Crippen molar-refractivity contribution in [2.24, 2.45) is 0 Å². The molecule has 1 aliphatic carbocycles. The first-order chi connectivity index (χ1) is 12.3. The van der Waals surface area contributed by atoms with E-state index < -0.39 is 36.4 Å². The third-order valence-electron chi connectivity index (χ3n) is 3.84. The lowest BCUT2D eigenvalue weighted by atomic mass is 10.2. The number of ether oxygens (including phenoxy) is 2. The molecule has 3 amide bonds. The van der Waals surface area contributed by atoms with Crippen LogP contribution in [0.2, 0.25) is 5.02 Å². The number of amides is 3. The number of benzene rings is 1. The average molecular weight is 387 g/mol. The van der Waals surface area contributed by atoms with Crippen LogP contribution in [-0.4, -0.2) is 36.7 Å². The van der Waals surface area contributed by atoms with Crippen LogP contribution in [0.1, 0.15) is 32.6 Å². The van der Waals surface area contributed by atoms with Gasteiger partial charge in [0.15, 0.2) is 12.7 Å². The maximum Gasteiger partial charge on any atom is 0.344 e. The van der Waals surface area contributed by atoms with Gasteiger partial charge in [-0.05, 0) is 38.0 Å². The molecule has 1 aromatic rings. The topological polar surface area (TPSA) is 93.7 Å². The van der Waals surface area contributed by atoms with Crippen LogP contribution in [0, 0.1) is 5.82 Å². The molecule has 1 atom stereocenters. The Morgan fingerprint density at radius 2 is 2.00 bits per heavy atom. The van der Waals surface area contributed by atoms with Gasteiger partial charge >= 0.3 is 12.0 Å². The number of hydrogen-bond donors (Lipinski definition) is 2. The molecule has 0 unspecified atom stereocenters. The van der Waals surface area contributed by atoms with Crippen molar-refractivity contribution in [2.75, 3.05) is 6.61 Å². The van der Waals surface area contributed by atoms with Crippen LogP contribution in [0.25, 0.3) is 0 Å². The van der Waals surface area contributed by atoms with Gasteiger partial charge in [0, 0.05) is 6.04 Å². The highest BCUT2D eigenvalue weighted by Crippen LogP contribution is 2.24. The predicted octanol–water partition coefficient (Wildman–Crippen LogP) is 2.56. The standard InChI is InChI=1S/C17H20ClFN2O5/c1-10(16(23)21-17(24)20-12-4-2-3-5-12)26-15(22)9-25-14-7-6-11(19)8-13(14)18/h6-8,10,12H,2-5,9H2,1H3,(H2,20,21,23,24)/t10-/m1/s1. The number of imide groups is 1. The summed E-state index contributed by atoms with van der Waals surface area (Å²) in [6, 6.07) is 2.90. The molecule has 0 bridgehead atoms. The quantitative estimate of drug-likeness (QED) is 0.733. The zero-order chi connectivity index (χ0) is 19.1. The number of halogens is 2. The Hall–Kier alpha value is -2.35. The summed E-state index contributed by atoms with van der Waals surface area (Å²) < 4.78 is 22.9. The molecule has 1 aromatic carbocycles. The molecule has 1 saturated carbocycles. The summed E-state index contributed by atoms with van der Waals surface area (Å²) in [6.45, 7) is 0.818. The van der Waals surface area contributed by atoms with E-state index in [1.165, 1.54) is 13.0 Å². The highest BCUT2D eigenvalue weighted by Gasteiger charge is 2.23. The largest absolute Gasteiger partial charge is 0.480 e. The van der Waals surface area contributed by atoms with Crippen molar-refractivity contribution in [1.29, 1.82) is 0 Å².